The molecule has 0 radical (unpaired) electrons. The van der Waals surface area contributed by atoms with Gasteiger partial charge in [0.15, 0.2) is 0 Å². The fourth-order valence-electron chi connectivity index (χ4n) is 3.77. The number of hydrogen-bond donors (Lipinski definition) is 2. The second-order valence-electron chi connectivity index (χ2n) is 6.50. The van der Waals surface area contributed by atoms with Gasteiger partial charge in [0, 0.05) is 12.7 Å². The highest BCUT2D eigenvalue weighted by molar-refractivity contribution is 5.73. The first kappa shape index (κ1) is 14.2. The second kappa shape index (κ2) is 5.65. The molecule has 1 fully saturated rings. The molecule has 3 atom stereocenters. The highest BCUT2D eigenvalue weighted by Crippen LogP contribution is 2.43. The average molecular weight is 309 g/mol. The molecule has 1 aromatic heterocycles. The van der Waals surface area contributed by atoms with Gasteiger partial charge in [-0.15, -0.1) is 0 Å². The lowest BCUT2D eigenvalue weighted by Gasteiger charge is -2.21. The van der Waals surface area contributed by atoms with Crippen LogP contribution in [0, 0.1) is 17.8 Å². The number of allylic oxidation sites excluding steroid dienone is 2. The second-order valence-corrected chi connectivity index (χ2v) is 6.50. The van der Waals surface area contributed by atoms with Crippen LogP contribution in [0.15, 0.2) is 46.1 Å². The Labute approximate surface area is 134 Å². The number of rotatable bonds is 6. The van der Waals surface area contributed by atoms with Crippen LogP contribution in [-0.2, 0) is 6.54 Å². The van der Waals surface area contributed by atoms with Crippen LogP contribution in [0.2, 0.25) is 0 Å². The molecule has 1 heterocycles. The summed E-state index contributed by atoms with van der Waals surface area (Å²) in [6, 6.07) is 5.62. The van der Waals surface area contributed by atoms with Crippen LogP contribution in [-0.4, -0.2) is 11.5 Å². The first-order valence-electron chi connectivity index (χ1n) is 8.11. The summed E-state index contributed by atoms with van der Waals surface area (Å²) < 4.78 is 0. The Balaban J connectivity index is 1.39. The molecule has 1 saturated carbocycles. The zero-order chi connectivity index (χ0) is 15.8. The van der Waals surface area contributed by atoms with Crippen molar-refractivity contribution < 1.29 is 0 Å². The highest BCUT2D eigenvalue weighted by atomic mass is 16.2. The van der Waals surface area contributed by atoms with E-state index in [2.05, 4.69) is 27.8 Å². The lowest BCUT2D eigenvalue weighted by atomic mass is 9.93. The SMILES string of the molecule is O=c1c(NCc2ccccn2)c(NC[C@H]2C[C@@H]3C=C[C@H]2C3)c1=O. The first-order chi connectivity index (χ1) is 11.2. The molecular formula is C18H19N3O2. The summed E-state index contributed by atoms with van der Waals surface area (Å²) in [5.41, 5.74) is 0.838. The summed E-state index contributed by atoms with van der Waals surface area (Å²) in [7, 11) is 0. The van der Waals surface area contributed by atoms with E-state index in [9.17, 15) is 9.59 Å². The molecule has 4 rings (SSSR count). The average Bonchev–Trinajstić information content (AvgIpc) is 3.20. The molecule has 5 nitrogen and oxygen atoms in total. The van der Waals surface area contributed by atoms with Crippen molar-refractivity contribution in [3.63, 3.8) is 0 Å². The topological polar surface area (TPSA) is 71.1 Å². The van der Waals surface area contributed by atoms with Gasteiger partial charge in [0.1, 0.15) is 11.4 Å². The predicted molar refractivity (Wildman–Crippen MR) is 90.3 cm³/mol. The molecule has 23 heavy (non-hydrogen) atoms. The molecule has 2 aromatic rings. The van der Waals surface area contributed by atoms with Crippen molar-refractivity contribution in [2.75, 3.05) is 17.2 Å². The standard InChI is InChI=1S/C18H19N3O2/c22-17-15(20-9-13-8-11-4-5-12(13)7-11)16(18(17)23)21-10-14-3-1-2-6-19-14/h1-6,11-13,20-21H,7-10H2/t11-,12+,13-/m1/s1. The Morgan fingerprint density at radius 3 is 2.52 bits per heavy atom. The van der Waals surface area contributed by atoms with Gasteiger partial charge in [-0.2, -0.15) is 0 Å². The molecule has 118 valence electrons. The summed E-state index contributed by atoms with van der Waals surface area (Å²) in [5, 5.41) is 6.25. The summed E-state index contributed by atoms with van der Waals surface area (Å²) in [4.78, 5) is 27.8. The van der Waals surface area contributed by atoms with Crippen molar-refractivity contribution in [1.29, 1.82) is 0 Å². The van der Waals surface area contributed by atoms with Gasteiger partial charge in [0.05, 0.1) is 12.2 Å². The molecule has 0 unspecified atom stereocenters. The lowest BCUT2D eigenvalue weighted by Crippen LogP contribution is -2.38. The number of nitrogens with one attached hydrogen (secondary N) is 2. The maximum atomic E-state index is 11.8. The largest absolute Gasteiger partial charge is 0.380 e. The number of fused-ring (bicyclic) bond motifs is 2. The molecule has 0 amide bonds. The van der Waals surface area contributed by atoms with Crippen LogP contribution in [0.25, 0.3) is 0 Å². The first-order valence-corrected chi connectivity index (χ1v) is 8.11. The van der Waals surface area contributed by atoms with Crippen LogP contribution >= 0.6 is 0 Å². The van der Waals surface area contributed by atoms with E-state index in [-0.39, 0.29) is 0 Å². The van der Waals surface area contributed by atoms with E-state index in [1.54, 1.807) is 6.20 Å². The van der Waals surface area contributed by atoms with Gasteiger partial charge in [-0.25, -0.2) is 0 Å². The minimum Gasteiger partial charge on any atom is -0.380 e. The maximum absolute atomic E-state index is 11.8. The molecule has 2 N–H and O–H groups in total. The molecule has 0 spiro atoms. The molecule has 0 saturated heterocycles. The van der Waals surface area contributed by atoms with Gasteiger partial charge in [-0.1, -0.05) is 18.2 Å². The van der Waals surface area contributed by atoms with Gasteiger partial charge in [0.25, 0.3) is 10.9 Å². The zero-order valence-corrected chi connectivity index (χ0v) is 12.8. The van der Waals surface area contributed by atoms with Crippen LogP contribution in [0.3, 0.4) is 0 Å². The fourth-order valence-corrected chi connectivity index (χ4v) is 3.77. The number of aromatic nitrogens is 1. The van der Waals surface area contributed by atoms with E-state index >= 15 is 0 Å². The Morgan fingerprint density at radius 2 is 1.87 bits per heavy atom. The molecule has 5 heteroatoms. The summed E-state index contributed by atoms with van der Waals surface area (Å²) in [6.07, 6.45) is 8.73. The minimum absolute atomic E-state index is 0.402. The summed E-state index contributed by atoms with van der Waals surface area (Å²) in [6.45, 7) is 1.20. The third-order valence-electron chi connectivity index (χ3n) is 5.04. The van der Waals surface area contributed by atoms with E-state index in [0.29, 0.717) is 35.7 Å². The Morgan fingerprint density at radius 1 is 1.04 bits per heavy atom. The van der Waals surface area contributed by atoms with E-state index < -0.39 is 10.9 Å². The van der Waals surface area contributed by atoms with Gasteiger partial charge >= 0.3 is 0 Å². The van der Waals surface area contributed by atoms with Gasteiger partial charge < -0.3 is 10.6 Å². The normalized spacial score (nSPS) is 25.1. The Kier molecular flexibility index (Phi) is 3.48. The van der Waals surface area contributed by atoms with E-state index in [4.69, 9.17) is 0 Å². The highest BCUT2D eigenvalue weighted by Gasteiger charge is 2.35. The number of pyridine rings is 1. The maximum Gasteiger partial charge on any atom is 0.253 e. The lowest BCUT2D eigenvalue weighted by molar-refractivity contribution is 0.472. The smallest absolute Gasteiger partial charge is 0.253 e. The monoisotopic (exact) mass is 309 g/mol. The molecule has 1 aromatic carbocycles. The fraction of sp³-hybridized carbons (Fsp3) is 0.389. The minimum atomic E-state index is -0.434. The van der Waals surface area contributed by atoms with Crippen molar-refractivity contribution in [1.82, 2.24) is 4.98 Å². The molecule has 2 aliphatic carbocycles. The molecular weight excluding hydrogens is 290 g/mol. The quantitative estimate of drug-likeness (QED) is 0.630. The van der Waals surface area contributed by atoms with Crippen molar-refractivity contribution >= 4 is 11.4 Å². The Bertz CT molecular complexity index is 805. The summed E-state index contributed by atoms with van der Waals surface area (Å²) >= 11 is 0. The van der Waals surface area contributed by atoms with Crippen LogP contribution in [0.1, 0.15) is 18.5 Å². The van der Waals surface area contributed by atoms with Crippen LogP contribution in [0.4, 0.5) is 11.4 Å². The number of hydrogen-bond acceptors (Lipinski definition) is 5. The van der Waals surface area contributed by atoms with Gasteiger partial charge in [-0.05, 0) is 42.7 Å². The van der Waals surface area contributed by atoms with Crippen molar-refractivity contribution in [2.24, 2.45) is 17.8 Å². The molecule has 2 bridgehead atoms. The Hall–Kier alpha value is -2.43. The van der Waals surface area contributed by atoms with Crippen LogP contribution < -0.4 is 21.5 Å². The predicted octanol–water partition coefficient (Wildman–Crippen LogP) is 1.91. The molecule has 0 aliphatic heterocycles. The van der Waals surface area contributed by atoms with E-state index in [1.165, 1.54) is 12.8 Å². The van der Waals surface area contributed by atoms with Crippen molar-refractivity contribution in [3.8, 4) is 0 Å². The van der Waals surface area contributed by atoms with Gasteiger partial charge in [-0.3, -0.25) is 14.6 Å². The van der Waals surface area contributed by atoms with E-state index in [1.807, 2.05) is 18.2 Å². The number of nitrogens with zero attached hydrogens (tertiary/aromatic N) is 1. The van der Waals surface area contributed by atoms with Crippen LogP contribution in [0.5, 0.6) is 0 Å². The number of anilines is 2. The van der Waals surface area contributed by atoms with Crippen molar-refractivity contribution in [2.45, 2.75) is 19.4 Å². The van der Waals surface area contributed by atoms with E-state index in [0.717, 1.165) is 12.2 Å². The third-order valence-corrected chi connectivity index (χ3v) is 5.04. The summed E-state index contributed by atoms with van der Waals surface area (Å²) in [5.74, 6) is 1.91. The molecule has 2 aliphatic rings. The van der Waals surface area contributed by atoms with Gasteiger partial charge in [0.2, 0.25) is 0 Å². The third kappa shape index (κ3) is 2.56. The van der Waals surface area contributed by atoms with Crippen molar-refractivity contribution in [3.05, 3.63) is 62.7 Å². The zero-order valence-electron chi connectivity index (χ0n) is 12.8.